The van der Waals surface area contributed by atoms with Gasteiger partial charge in [-0.1, -0.05) is 22.7 Å². The van der Waals surface area contributed by atoms with Crippen molar-refractivity contribution in [2.45, 2.75) is 4.90 Å². The lowest BCUT2D eigenvalue weighted by atomic mass is 10.4. The number of hydrogen-bond acceptors (Lipinski definition) is 4. The van der Waals surface area contributed by atoms with E-state index in [9.17, 15) is 18.4 Å². The molecule has 0 saturated carbocycles. The minimum Gasteiger partial charge on any atom is -0.328 e. The molecule has 0 heterocycles. The second-order valence-corrected chi connectivity index (χ2v) is 5.01. The number of urea groups is 1. The zero-order chi connectivity index (χ0) is 12.3. The van der Waals surface area contributed by atoms with Crippen molar-refractivity contribution in [1.29, 1.82) is 0 Å². The molecule has 0 bridgehead atoms. The van der Waals surface area contributed by atoms with Gasteiger partial charge in [-0.05, 0) is 12.1 Å². The first-order chi connectivity index (χ1) is 7.37. The van der Waals surface area contributed by atoms with Crippen LogP contribution in [0.15, 0.2) is 35.2 Å². The van der Waals surface area contributed by atoms with E-state index in [0.717, 1.165) is 4.90 Å². The first-order valence-electron chi connectivity index (χ1n) is 4.38. The van der Waals surface area contributed by atoms with Crippen molar-refractivity contribution in [3.05, 3.63) is 30.3 Å². The van der Waals surface area contributed by atoms with Gasteiger partial charge in [-0.3, -0.25) is 5.21 Å². The van der Waals surface area contributed by atoms with Crippen molar-refractivity contribution in [1.82, 2.24) is 9.37 Å². The largest absolute Gasteiger partial charge is 0.358 e. The Kier molecular flexibility index (Phi) is 3.51. The van der Waals surface area contributed by atoms with Gasteiger partial charge in [0.25, 0.3) is 10.0 Å². The molecule has 1 N–H and O–H groups in total. The summed E-state index contributed by atoms with van der Waals surface area (Å²) < 4.78 is 23.1. The van der Waals surface area contributed by atoms with Gasteiger partial charge in [-0.15, -0.1) is 0 Å². The highest BCUT2D eigenvalue weighted by Gasteiger charge is 2.28. The molecule has 1 rings (SSSR count). The topological polar surface area (TPSA) is 77.9 Å². The standard InChI is InChI=1S/C9H12N2O4S/c1-10(2)9(12)11(13)16(14,15)8-6-4-3-5-7-8/h3-7,13H,1-2H3. The summed E-state index contributed by atoms with van der Waals surface area (Å²) in [5, 5.41) is 9.32. The predicted molar refractivity (Wildman–Crippen MR) is 56.3 cm³/mol. The molecule has 0 aliphatic heterocycles. The summed E-state index contributed by atoms with van der Waals surface area (Å²) in [4.78, 5) is 12.1. The molecule has 0 fully saturated rings. The lowest BCUT2D eigenvalue weighted by molar-refractivity contribution is 0.0281. The van der Waals surface area contributed by atoms with Crippen LogP contribution in [0.25, 0.3) is 0 Å². The average Bonchev–Trinajstić information content (AvgIpc) is 2.28. The highest BCUT2D eigenvalue weighted by atomic mass is 32.2. The Hall–Kier alpha value is -1.60. The third kappa shape index (κ3) is 2.31. The Morgan fingerprint density at radius 2 is 1.69 bits per heavy atom. The van der Waals surface area contributed by atoms with E-state index in [0.29, 0.717) is 0 Å². The van der Waals surface area contributed by atoms with E-state index in [-0.39, 0.29) is 9.36 Å². The van der Waals surface area contributed by atoms with Crippen LogP contribution >= 0.6 is 0 Å². The molecule has 1 aromatic carbocycles. The molecule has 0 aliphatic rings. The molecular formula is C9H12N2O4S. The van der Waals surface area contributed by atoms with Gasteiger partial charge in [0.2, 0.25) is 0 Å². The van der Waals surface area contributed by atoms with Crippen molar-refractivity contribution < 1.29 is 18.4 Å². The van der Waals surface area contributed by atoms with Crippen molar-refractivity contribution in [3.8, 4) is 0 Å². The van der Waals surface area contributed by atoms with Gasteiger partial charge in [0, 0.05) is 14.1 Å². The van der Waals surface area contributed by atoms with Crippen molar-refractivity contribution in [2.75, 3.05) is 14.1 Å². The number of sulfonamides is 1. The number of rotatable bonds is 2. The Balaban J connectivity index is 3.09. The summed E-state index contributed by atoms with van der Waals surface area (Å²) in [6.07, 6.45) is 0. The van der Waals surface area contributed by atoms with Crippen LogP contribution in [0.3, 0.4) is 0 Å². The van der Waals surface area contributed by atoms with E-state index in [2.05, 4.69) is 0 Å². The molecular weight excluding hydrogens is 232 g/mol. The van der Waals surface area contributed by atoms with E-state index in [1.54, 1.807) is 6.07 Å². The molecule has 7 heteroatoms. The Bertz CT molecular complexity index is 470. The third-order valence-electron chi connectivity index (χ3n) is 1.81. The normalized spacial score (nSPS) is 10.9. The van der Waals surface area contributed by atoms with Gasteiger partial charge in [-0.25, -0.2) is 4.79 Å². The number of carbonyl (C=O) groups excluding carboxylic acids is 1. The molecule has 0 unspecified atom stereocenters. The first kappa shape index (κ1) is 12.5. The summed E-state index contributed by atoms with van der Waals surface area (Å²) in [6, 6.07) is 6.20. The number of benzene rings is 1. The monoisotopic (exact) mass is 244 g/mol. The lowest BCUT2D eigenvalue weighted by Gasteiger charge is -2.19. The maximum Gasteiger partial charge on any atom is 0.358 e. The minimum absolute atomic E-state index is 0.146. The fraction of sp³-hybridized carbons (Fsp3) is 0.222. The fourth-order valence-corrected chi connectivity index (χ4v) is 2.04. The maximum absolute atomic E-state index is 11.7. The zero-order valence-corrected chi connectivity index (χ0v) is 9.68. The Morgan fingerprint density at radius 1 is 1.19 bits per heavy atom. The molecule has 0 spiro atoms. The molecule has 0 atom stereocenters. The van der Waals surface area contributed by atoms with Crippen LogP contribution in [0, 0.1) is 0 Å². The van der Waals surface area contributed by atoms with E-state index >= 15 is 0 Å². The van der Waals surface area contributed by atoms with E-state index < -0.39 is 16.1 Å². The fourth-order valence-electron chi connectivity index (χ4n) is 0.966. The van der Waals surface area contributed by atoms with Crippen LogP contribution in [0.2, 0.25) is 0 Å². The average molecular weight is 244 g/mol. The van der Waals surface area contributed by atoms with E-state index in [4.69, 9.17) is 0 Å². The molecule has 16 heavy (non-hydrogen) atoms. The summed E-state index contributed by atoms with van der Waals surface area (Å²) in [6.45, 7) is 0. The number of hydrogen-bond donors (Lipinski definition) is 1. The van der Waals surface area contributed by atoms with Gasteiger partial charge in [0.05, 0.1) is 4.90 Å². The number of amides is 2. The Labute approximate surface area is 93.7 Å². The predicted octanol–water partition coefficient (Wildman–Crippen LogP) is 0.748. The van der Waals surface area contributed by atoms with E-state index in [1.807, 2.05) is 0 Å². The van der Waals surface area contributed by atoms with Gasteiger partial charge >= 0.3 is 6.03 Å². The van der Waals surface area contributed by atoms with Crippen LogP contribution in [-0.4, -0.2) is 43.1 Å². The van der Waals surface area contributed by atoms with Crippen LogP contribution in [-0.2, 0) is 10.0 Å². The molecule has 6 nitrogen and oxygen atoms in total. The molecule has 0 aromatic heterocycles. The Morgan fingerprint density at radius 3 is 2.12 bits per heavy atom. The van der Waals surface area contributed by atoms with Crippen LogP contribution in [0.1, 0.15) is 0 Å². The third-order valence-corrected chi connectivity index (χ3v) is 3.29. The second-order valence-electron chi connectivity index (χ2n) is 3.24. The summed E-state index contributed by atoms with van der Waals surface area (Å²) in [5.41, 5.74) is 0. The summed E-state index contributed by atoms with van der Waals surface area (Å²) in [7, 11) is -1.51. The number of nitrogens with zero attached hydrogens (tertiary/aromatic N) is 2. The van der Waals surface area contributed by atoms with Gasteiger partial charge in [0.15, 0.2) is 0 Å². The van der Waals surface area contributed by atoms with Crippen molar-refractivity contribution in [2.24, 2.45) is 0 Å². The molecule has 0 saturated heterocycles. The van der Waals surface area contributed by atoms with Gasteiger partial charge in [0.1, 0.15) is 0 Å². The van der Waals surface area contributed by atoms with Crippen molar-refractivity contribution >= 4 is 16.1 Å². The van der Waals surface area contributed by atoms with Gasteiger partial charge < -0.3 is 4.90 Å². The zero-order valence-electron chi connectivity index (χ0n) is 8.86. The summed E-state index contributed by atoms with van der Waals surface area (Å²) >= 11 is 0. The summed E-state index contributed by atoms with van der Waals surface area (Å²) in [5.74, 6) is 0. The molecule has 0 radical (unpaired) electrons. The van der Waals surface area contributed by atoms with Crippen LogP contribution < -0.4 is 0 Å². The minimum atomic E-state index is -4.19. The smallest absolute Gasteiger partial charge is 0.328 e. The van der Waals surface area contributed by atoms with E-state index in [1.165, 1.54) is 38.4 Å². The van der Waals surface area contributed by atoms with Crippen molar-refractivity contribution in [3.63, 3.8) is 0 Å². The molecule has 88 valence electrons. The molecule has 0 aliphatic carbocycles. The SMILES string of the molecule is CN(C)C(=O)N(O)S(=O)(=O)c1ccccc1. The highest BCUT2D eigenvalue weighted by Crippen LogP contribution is 2.13. The number of carbonyl (C=O) groups is 1. The van der Waals surface area contributed by atoms with Crippen LogP contribution in [0.5, 0.6) is 0 Å². The van der Waals surface area contributed by atoms with Gasteiger partial charge in [-0.2, -0.15) is 8.42 Å². The van der Waals surface area contributed by atoms with Crippen LogP contribution in [0.4, 0.5) is 4.79 Å². The quantitative estimate of drug-likeness (QED) is 0.615. The molecule has 2 amide bonds. The maximum atomic E-state index is 11.7. The highest BCUT2D eigenvalue weighted by molar-refractivity contribution is 7.89. The lowest BCUT2D eigenvalue weighted by Crippen LogP contribution is -2.40. The first-order valence-corrected chi connectivity index (χ1v) is 5.82. The second kappa shape index (κ2) is 4.50. The molecule has 1 aromatic rings. The number of hydroxylamine groups is 1.